The topological polar surface area (TPSA) is 116 Å². The number of non-ortho nitro benzene ring substituents is 1. The third-order valence-corrected chi connectivity index (χ3v) is 4.01. The van der Waals surface area contributed by atoms with Crippen molar-refractivity contribution in [3.05, 3.63) is 68.0 Å². The van der Waals surface area contributed by atoms with E-state index >= 15 is 0 Å². The van der Waals surface area contributed by atoms with Crippen LogP contribution in [0.25, 0.3) is 11.0 Å². The molecule has 0 aliphatic heterocycles. The van der Waals surface area contributed by atoms with E-state index in [-0.39, 0.29) is 23.6 Å². The van der Waals surface area contributed by atoms with Crippen LogP contribution in [0.5, 0.6) is 0 Å². The monoisotopic (exact) mass is 341 g/mol. The summed E-state index contributed by atoms with van der Waals surface area (Å²) in [6, 6.07) is 9.32. The number of anilines is 1. The van der Waals surface area contributed by atoms with Gasteiger partial charge in [-0.25, -0.2) is 4.98 Å². The van der Waals surface area contributed by atoms with Crippen molar-refractivity contribution in [2.75, 3.05) is 5.32 Å². The molecular formula is C16H15N5O4. The minimum atomic E-state index is -0.662. The van der Waals surface area contributed by atoms with E-state index in [1.165, 1.54) is 12.1 Å². The Morgan fingerprint density at radius 1 is 1.16 bits per heavy atom. The van der Waals surface area contributed by atoms with Gasteiger partial charge in [-0.15, -0.1) is 0 Å². The predicted molar refractivity (Wildman–Crippen MR) is 92.5 cm³/mol. The highest BCUT2D eigenvalue weighted by Gasteiger charge is 2.20. The predicted octanol–water partition coefficient (Wildman–Crippen LogP) is 3.31. The van der Waals surface area contributed by atoms with Gasteiger partial charge in [-0.05, 0) is 24.6 Å². The summed E-state index contributed by atoms with van der Waals surface area (Å²) in [5.41, 5.74) is 2.47. The molecule has 0 unspecified atom stereocenters. The summed E-state index contributed by atoms with van der Waals surface area (Å²) in [6.45, 7) is 2.24. The fourth-order valence-corrected chi connectivity index (χ4v) is 2.78. The number of hydrogen-bond donors (Lipinski definition) is 1. The van der Waals surface area contributed by atoms with E-state index in [1.807, 2.05) is 36.7 Å². The first kappa shape index (κ1) is 16.4. The number of aryl methyl sites for hydroxylation is 2. The van der Waals surface area contributed by atoms with Crippen molar-refractivity contribution < 1.29 is 9.85 Å². The van der Waals surface area contributed by atoms with Gasteiger partial charge in [-0.3, -0.25) is 20.2 Å². The van der Waals surface area contributed by atoms with E-state index < -0.39 is 9.85 Å². The zero-order valence-corrected chi connectivity index (χ0v) is 13.6. The highest BCUT2D eigenvalue weighted by molar-refractivity contribution is 5.79. The lowest BCUT2D eigenvalue weighted by Gasteiger charge is -2.08. The number of rotatable bonds is 5. The average molecular weight is 341 g/mol. The van der Waals surface area contributed by atoms with Crippen LogP contribution in [0.4, 0.5) is 17.1 Å². The lowest BCUT2D eigenvalue weighted by atomic mass is 10.2. The molecule has 0 amide bonds. The number of imidazole rings is 1. The fourth-order valence-electron chi connectivity index (χ4n) is 2.78. The quantitative estimate of drug-likeness (QED) is 0.562. The summed E-state index contributed by atoms with van der Waals surface area (Å²) in [5, 5.41) is 24.9. The van der Waals surface area contributed by atoms with E-state index in [2.05, 4.69) is 10.3 Å². The molecule has 0 saturated carbocycles. The summed E-state index contributed by atoms with van der Waals surface area (Å²) < 4.78 is 1.93. The van der Waals surface area contributed by atoms with E-state index in [4.69, 9.17) is 0 Å². The Morgan fingerprint density at radius 2 is 1.92 bits per heavy atom. The number of para-hydroxylation sites is 1. The molecule has 128 valence electrons. The van der Waals surface area contributed by atoms with E-state index in [1.54, 1.807) is 0 Å². The van der Waals surface area contributed by atoms with Crippen LogP contribution in [0.15, 0.2) is 36.4 Å². The minimum Gasteiger partial charge on any atom is -0.372 e. The maximum absolute atomic E-state index is 11.2. The normalized spacial score (nSPS) is 10.8. The molecule has 0 fully saturated rings. The molecule has 0 spiro atoms. The highest BCUT2D eigenvalue weighted by Crippen LogP contribution is 2.29. The van der Waals surface area contributed by atoms with Crippen molar-refractivity contribution in [1.29, 1.82) is 0 Å². The van der Waals surface area contributed by atoms with Crippen LogP contribution >= 0.6 is 0 Å². The summed E-state index contributed by atoms with van der Waals surface area (Å²) in [6.07, 6.45) is 0. The first-order valence-corrected chi connectivity index (χ1v) is 7.46. The van der Waals surface area contributed by atoms with Crippen LogP contribution < -0.4 is 5.32 Å². The van der Waals surface area contributed by atoms with Gasteiger partial charge in [0, 0.05) is 13.1 Å². The van der Waals surface area contributed by atoms with Crippen molar-refractivity contribution in [1.82, 2.24) is 9.55 Å². The van der Waals surface area contributed by atoms with Gasteiger partial charge in [0.25, 0.3) is 11.4 Å². The molecule has 3 aromatic rings. The molecule has 1 N–H and O–H groups in total. The molecule has 0 saturated heterocycles. The van der Waals surface area contributed by atoms with Gasteiger partial charge in [-0.2, -0.15) is 0 Å². The van der Waals surface area contributed by atoms with Crippen LogP contribution in [0.2, 0.25) is 0 Å². The summed E-state index contributed by atoms with van der Waals surface area (Å²) in [7, 11) is 1.88. The number of nitro groups is 2. The van der Waals surface area contributed by atoms with Gasteiger partial charge in [0.2, 0.25) is 0 Å². The molecule has 3 rings (SSSR count). The lowest BCUT2D eigenvalue weighted by Crippen LogP contribution is -2.08. The SMILES string of the molecule is Cc1cccc2nc(CNc3ccc([N+](=O)[O-])cc3[N+](=O)[O-])n(C)c12. The van der Waals surface area contributed by atoms with Gasteiger partial charge < -0.3 is 9.88 Å². The van der Waals surface area contributed by atoms with Gasteiger partial charge in [0.1, 0.15) is 11.5 Å². The van der Waals surface area contributed by atoms with E-state index in [0.717, 1.165) is 22.7 Å². The van der Waals surface area contributed by atoms with Crippen molar-refractivity contribution in [2.45, 2.75) is 13.5 Å². The maximum Gasteiger partial charge on any atom is 0.299 e. The maximum atomic E-state index is 11.2. The molecule has 25 heavy (non-hydrogen) atoms. The second-order valence-corrected chi connectivity index (χ2v) is 5.60. The number of nitro benzene ring substituents is 2. The standard InChI is InChI=1S/C16H15N5O4/c1-10-4-3-5-13-16(10)19(2)15(18-13)9-17-12-7-6-11(20(22)23)8-14(12)21(24)25/h3-8,17H,9H2,1-2H3. The fraction of sp³-hybridized carbons (Fsp3) is 0.188. The number of nitrogens with one attached hydrogen (secondary N) is 1. The molecule has 0 aliphatic rings. The molecule has 0 radical (unpaired) electrons. The molecule has 1 aromatic heterocycles. The van der Waals surface area contributed by atoms with Crippen LogP contribution in [0.3, 0.4) is 0 Å². The molecule has 0 atom stereocenters. The van der Waals surface area contributed by atoms with E-state index in [9.17, 15) is 20.2 Å². The Labute approximate surface area is 142 Å². The number of hydrogen-bond acceptors (Lipinski definition) is 6. The number of benzene rings is 2. The average Bonchev–Trinajstić information content (AvgIpc) is 2.90. The van der Waals surface area contributed by atoms with Crippen LogP contribution in [0, 0.1) is 27.2 Å². The second kappa shape index (κ2) is 6.19. The minimum absolute atomic E-state index is 0.208. The molecule has 0 bridgehead atoms. The molecule has 9 nitrogen and oxygen atoms in total. The third kappa shape index (κ3) is 2.99. The highest BCUT2D eigenvalue weighted by atomic mass is 16.6. The van der Waals surface area contributed by atoms with Crippen molar-refractivity contribution in [3.8, 4) is 0 Å². The summed E-state index contributed by atoms with van der Waals surface area (Å²) in [4.78, 5) is 25.2. The first-order chi connectivity index (χ1) is 11.9. The molecule has 9 heteroatoms. The Hall–Kier alpha value is -3.49. The zero-order valence-electron chi connectivity index (χ0n) is 13.6. The van der Waals surface area contributed by atoms with Crippen molar-refractivity contribution in [3.63, 3.8) is 0 Å². The van der Waals surface area contributed by atoms with Gasteiger partial charge in [0.15, 0.2) is 0 Å². The Morgan fingerprint density at radius 3 is 2.56 bits per heavy atom. The van der Waals surface area contributed by atoms with Gasteiger partial charge in [-0.1, -0.05) is 12.1 Å². The molecular weight excluding hydrogens is 326 g/mol. The van der Waals surface area contributed by atoms with Gasteiger partial charge >= 0.3 is 0 Å². The number of aromatic nitrogens is 2. The smallest absolute Gasteiger partial charge is 0.299 e. The number of fused-ring (bicyclic) bond motifs is 1. The zero-order chi connectivity index (χ0) is 18.1. The number of nitrogens with zero attached hydrogens (tertiary/aromatic N) is 4. The largest absolute Gasteiger partial charge is 0.372 e. The summed E-state index contributed by atoms with van der Waals surface area (Å²) in [5.74, 6) is 0.706. The van der Waals surface area contributed by atoms with Crippen molar-refractivity contribution >= 4 is 28.1 Å². The Kier molecular flexibility index (Phi) is 4.05. The molecule has 2 aromatic carbocycles. The third-order valence-electron chi connectivity index (χ3n) is 4.01. The second-order valence-electron chi connectivity index (χ2n) is 5.60. The first-order valence-electron chi connectivity index (χ1n) is 7.46. The van der Waals surface area contributed by atoms with E-state index in [0.29, 0.717) is 5.82 Å². The van der Waals surface area contributed by atoms with Crippen molar-refractivity contribution in [2.24, 2.45) is 7.05 Å². The van der Waals surface area contributed by atoms with Crippen LogP contribution in [-0.4, -0.2) is 19.4 Å². The molecule has 0 aliphatic carbocycles. The van der Waals surface area contributed by atoms with Crippen LogP contribution in [-0.2, 0) is 13.6 Å². The Balaban J connectivity index is 1.92. The lowest BCUT2D eigenvalue weighted by molar-refractivity contribution is -0.393. The van der Waals surface area contributed by atoms with Crippen LogP contribution in [0.1, 0.15) is 11.4 Å². The Bertz CT molecular complexity index is 996. The van der Waals surface area contributed by atoms with Gasteiger partial charge in [0.05, 0.1) is 33.5 Å². The summed E-state index contributed by atoms with van der Waals surface area (Å²) >= 11 is 0. The molecule has 1 heterocycles.